The molecular weight excluding hydrogens is 266 g/mol. The van der Waals surface area contributed by atoms with E-state index in [1.165, 1.54) is 0 Å². The van der Waals surface area contributed by atoms with Crippen LogP contribution < -0.4 is 15.2 Å². The van der Waals surface area contributed by atoms with Gasteiger partial charge in [-0.3, -0.25) is 0 Å². The summed E-state index contributed by atoms with van der Waals surface area (Å²) in [6, 6.07) is 7.86. The number of nitrogens with two attached hydrogens (primary N) is 1. The third kappa shape index (κ3) is 1.98. The van der Waals surface area contributed by atoms with Gasteiger partial charge in [-0.25, -0.2) is 4.98 Å². The summed E-state index contributed by atoms with van der Waals surface area (Å²) in [4.78, 5) is 4.64. The molecule has 0 fully saturated rings. The summed E-state index contributed by atoms with van der Waals surface area (Å²) in [6.45, 7) is 3.16. The highest BCUT2D eigenvalue weighted by Crippen LogP contribution is 2.34. The molecule has 5 nitrogen and oxygen atoms in total. The maximum absolute atomic E-state index is 5.94. The number of aryl methyl sites for hydroxylation is 1. The van der Waals surface area contributed by atoms with Crippen LogP contribution in [-0.2, 0) is 0 Å². The van der Waals surface area contributed by atoms with Crippen LogP contribution in [0.25, 0.3) is 16.9 Å². The molecule has 0 unspecified atom stereocenters. The molecule has 5 heteroatoms. The Kier molecular flexibility index (Phi) is 2.54. The van der Waals surface area contributed by atoms with Gasteiger partial charge in [-0.1, -0.05) is 0 Å². The second-order valence-corrected chi connectivity index (χ2v) is 5.16. The van der Waals surface area contributed by atoms with Crippen molar-refractivity contribution in [2.24, 2.45) is 0 Å². The second kappa shape index (κ2) is 4.41. The van der Waals surface area contributed by atoms with Crippen molar-refractivity contribution in [2.45, 2.75) is 6.92 Å². The summed E-state index contributed by atoms with van der Waals surface area (Å²) >= 11 is 0. The molecule has 106 valence electrons. The Balaban J connectivity index is 1.82. The van der Waals surface area contributed by atoms with Crippen LogP contribution in [0.2, 0.25) is 0 Å². The number of anilines is 1. The Morgan fingerprint density at radius 3 is 2.76 bits per heavy atom. The van der Waals surface area contributed by atoms with E-state index >= 15 is 0 Å². The molecular formula is C16H15N3O2. The van der Waals surface area contributed by atoms with Crippen molar-refractivity contribution in [3.05, 3.63) is 42.2 Å². The summed E-state index contributed by atoms with van der Waals surface area (Å²) < 4.78 is 13.1. The fraction of sp³-hybridized carbons (Fsp3) is 0.188. The zero-order valence-corrected chi connectivity index (χ0v) is 11.7. The molecule has 0 aliphatic carbocycles. The molecule has 2 aromatic heterocycles. The molecule has 0 saturated heterocycles. The molecule has 0 amide bonds. The minimum Gasteiger partial charge on any atom is -0.486 e. The van der Waals surface area contributed by atoms with Crippen molar-refractivity contribution in [3.8, 4) is 22.8 Å². The van der Waals surface area contributed by atoms with Crippen LogP contribution >= 0.6 is 0 Å². The van der Waals surface area contributed by atoms with E-state index in [1.807, 2.05) is 48.0 Å². The molecule has 1 aromatic carbocycles. The molecule has 0 bridgehead atoms. The van der Waals surface area contributed by atoms with Crippen molar-refractivity contribution in [2.75, 3.05) is 18.9 Å². The molecule has 4 rings (SSSR count). The highest BCUT2D eigenvalue weighted by molar-refractivity contribution is 5.67. The number of fused-ring (bicyclic) bond motifs is 2. The lowest BCUT2D eigenvalue weighted by atomic mass is 10.1. The van der Waals surface area contributed by atoms with E-state index in [0.717, 1.165) is 39.7 Å². The highest BCUT2D eigenvalue weighted by Gasteiger charge is 2.14. The van der Waals surface area contributed by atoms with Gasteiger partial charge in [0.15, 0.2) is 11.5 Å². The van der Waals surface area contributed by atoms with Gasteiger partial charge in [0.2, 0.25) is 0 Å². The molecule has 0 radical (unpaired) electrons. The monoisotopic (exact) mass is 281 g/mol. The predicted molar refractivity (Wildman–Crippen MR) is 80.8 cm³/mol. The lowest BCUT2D eigenvalue weighted by molar-refractivity contribution is 0.171. The quantitative estimate of drug-likeness (QED) is 0.745. The van der Waals surface area contributed by atoms with Crippen LogP contribution in [-0.4, -0.2) is 22.6 Å². The molecule has 1 aliphatic rings. The minimum atomic E-state index is 0.581. The Labute approximate surface area is 121 Å². The zero-order valence-electron chi connectivity index (χ0n) is 11.7. The molecule has 0 atom stereocenters. The summed E-state index contributed by atoms with van der Waals surface area (Å²) in [5.74, 6) is 1.56. The van der Waals surface area contributed by atoms with Crippen LogP contribution in [0.15, 0.2) is 36.7 Å². The fourth-order valence-corrected chi connectivity index (χ4v) is 2.49. The van der Waals surface area contributed by atoms with Crippen molar-refractivity contribution < 1.29 is 9.47 Å². The van der Waals surface area contributed by atoms with Gasteiger partial charge in [-0.15, -0.1) is 0 Å². The van der Waals surface area contributed by atoms with E-state index in [0.29, 0.717) is 13.2 Å². The zero-order chi connectivity index (χ0) is 14.4. The second-order valence-electron chi connectivity index (χ2n) is 5.16. The molecule has 3 aromatic rings. The first-order valence-electron chi connectivity index (χ1n) is 6.85. The number of imidazole rings is 1. The van der Waals surface area contributed by atoms with E-state index < -0.39 is 0 Å². The summed E-state index contributed by atoms with van der Waals surface area (Å²) in [6.07, 6.45) is 3.86. The predicted octanol–water partition coefficient (Wildman–Crippen LogP) is 2.66. The average molecular weight is 281 g/mol. The summed E-state index contributed by atoms with van der Waals surface area (Å²) in [7, 11) is 0. The lowest BCUT2D eigenvalue weighted by Crippen LogP contribution is -2.15. The Morgan fingerprint density at radius 1 is 1.10 bits per heavy atom. The number of aromatic nitrogens is 2. The number of hydrogen-bond donors (Lipinski definition) is 1. The van der Waals surface area contributed by atoms with E-state index in [1.54, 1.807) is 0 Å². The van der Waals surface area contributed by atoms with Gasteiger partial charge in [0, 0.05) is 18.0 Å². The van der Waals surface area contributed by atoms with Crippen LogP contribution in [0.3, 0.4) is 0 Å². The smallest absolute Gasteiger partial charge is 0.162 e. The number of rotatable bonds is 1. The molecule has 3 heterocycles. The Hall–Kier alpha value is -2.69. The van der Waals surface area contributed by atoms with Crippen molar-refractivity contribution in [1.29, 1.82) is 0 Å². The number of hydrogen-bond acceptors (Lipinski definition) is 4. The lowest BCUT2D eigenvalue weighted by Gasteiger charge is -2.18. The first-order valence-corrected chi connectivity index (χ1v) is 6.85. The maximum Gasteiger partial charge on any atom is 0.162 e. The first kappa shape index (κ1) is 12.1. The van der Waals surface area contributed by atoms with Gasteiger partial charge in [0.1, 0.15) is 18.9 Å². The number of pyridine rings is 1. The minimum absolute atomic E-state index is 0.581. The van der Waals surface area contributed by atoms with E-state index in [2.05, 4.69) is 4.98 Å². The normalized spacial score (nSPS) is 13.6. The van der Waals surface area contributed by atoms with Gasteiger partial charge in [0.05, 0.1) is 11.4 Å². The molecule has 0 spiro atoms. The third-order valence-electron chi connectivity index (χ3n) is 3.68. The van der Waals surface area contributed by atoms with Crippen molar-refractivity contribution in [3.63, 3.8) is 0 Å². The number of benzene rings is 1. The van der Waals surface area contributed by atoms with E-state index in [-0.39, 0.29) is 0 Å². The number of ether oxygens (including phenoxy) is 2. The van der Waals surface area contributed by atoms with E-state index in [9.17, 15) is 0 Å². The highest BCUT2D eigenvalue weighted by atomic mass is 16.6. The van der Waals surface area contributed by atoms with Crippen molar-refractivity contribution in [1.82, 2.24) is 9.38 Å². The van der Waals surface area contributed by atoms with Gasteiger partial charge < -0.3 is 19.6 Å². The van der Waals surface area contributed by atoms with Crippen molar-refractivity contribution >= 4 is 11.3 Å². The van der Waals surface area contributed by atoms with Gasteiger partial charge in [-0.05, 0) is 36.8 Å². The average Bonchev–Trinajstić information content (AvgIpc) is 2.90. The van der Waals surface area contributed by atoms with Gasteiger partial charge in [0.25, 0.3) is 0 Å². The third-order valence-corrected chi connectivity index (χ3v) is 3.68. The summed E-state index contributed by atoms with van der Waals surface area (Å²) in [5, 5.41) is 0. The maximum atomic E-state index is 5.94. The molecule has 21 heavy (non-hydrogen) atoms. The Morgan fingerprint density at radius 2 is 1.90 bits per heavy atom. The molecule has 0 saturated carbocycles. The largest absolute Gasteiger partial charge is 0.486 e. The topological polar surface area (TPSA) is 61.8 Å². The van der Waals surface area contributed by atoms with Gasteiger partial charge >= 0.3 is 0 Å². The SMILES string of the molecule is Cc1cc2nc(-c3ccc4c(c3)OCCO4)cn2cc1N. The van der Waals surface area contributed by atoms with Crippen LogP contribution in [0.1, 0.15) is 5.56 Å². The number of nitrogens with zero attached hydrogens (tertiary/aromatic N) is 2. The van der Waals surface area contributed by atoms with Crippen LogP contribution in [0.5, 0.6) is 11.5 Å². The van der Waals surface area contributed by atoms with Crippen LogP contribution in [0.4, 0.5) is 5.69 Å². The van der Waals surface area contributed by atoms with Gasteiger partial charge in [-0.2, -0.15) is 0 Å². The van der Waals surface area contributed by atoms with Crippen LogP contribution in [0, 0.1) is 6.92 Å². The summed E-state index contributed by atoms with van der Waals surface area (Å²) in [5.41, 5.74) is 10.5. The first-order chi connectivity index (χ1) is 10.2. The number of nitrogen functional groups attached to an aromatic ring is 1. The Bertz CT molecular complexity index is 800. The standard InChI is InChI=1S/C16H15N3O2/c1-10-6-16-18-13(9-19(16)8-12(10)17)11-2-3-14-15(7-11)21-5-4-20-14/h2-3,6-9H,4-5,17H2,1H3. The molecule has 1 aliphatic heterocycles. The van der Waals surface area contributed by atoms with E-state index in [4.69, 9.17) is 15.2 Å². The molecule has 2 N–H and O–H groups in total. The fourth-order valence-electron chi connectivity index (χ4n) is 2.49.